The number of aryl methyl sites for hydroxylation is 1. The van der Waals surface area contributed by atoms with E-state index < -0.39 is 0 Å². The van der Waals surface area contributed by atoms with E-state index in [0.717, 1.165) is 18.5 Å². The first-order valence-corrected chi connectivity index (χ1v) is 10.6. The van der Waals surface area contributed by atoms with Crippen LogP contribution in [0.15, 0.2) is 18.3 Å². The molecule has 0 saturated heterocycles. The number of carbonyl (C=O) groups is 3. The summed E-state index contributed by atoms with van der Waals surface area (Å²) in [7, 11) is 1.96. The van der Waals surface area contributed by atoms with Gasteiger partial charge in [-0.1, -0.05) is 27.2 Å². The van der Waals surface area contributed by atoms with Crippen molar-refractivity contribution in [2.75, 3.05) is 26.2 Å². The van der Waals surface area contributed by atoms with Crippen molar-refractivity contribution in [1.29, 1.82) is 0 Å². The number of nitrogens with zero attached hydrogens (tertiary/aromatic N) is 3. The lowest BCUT2D eigenvalue weighted by Gasteiger charge is -2.29. The van der Waals surface area contributed by atoms with Gasteiger partial charge in [-0.3, -0.25) is 14.4 Å². The summed E-state index contributed by atoms with van der Waals surface area (Å²) < 4.78 is 6.90. The maximum absolute atomic E-state index is 13.1. The van der Waals surface area contributed by atoms with Crippen molar-refractivity contribution >= 4 is 17.8 Å². The second kappa shape index (κ2) is 13.0. The zero-order valence-corrected chi connectivity index (χ0v) is 18.6. The molecule has 1 heterocycles. The molecule has 1 aromatic rings. The number of rotatable bonds is 13. The summed E-state index contributed by atoms with van der Waals surface area (Å²) in [5.74, 6) is -0.407. The molecule has 0 aliphatic rings. The van der Waals surface area contributed by atoms with Crippen molar-refractivity contribution in [3.63, 3.8) is 0 Å². The Morgan fingerprint density at radius 2 is 1.83 bits per heavy atom. The third-order valence-electron chi connectivity index (χ3n) is 4.65. The highest BCUT2D eigenvalue weighted by Gasteiger charge is 2.23. The van der Waals surface area contributed by atoms with Crippen LogP contribution in [0.1, 0.15) is 59.1 Å². The Kier molecular flexibility index (Phi) is 11.1. The van der Waals surface area contributed by atoms with Crippen LogP contribution in [0, 0.1) is 5.92 Å². The molecule has 0 aliphatic heterocycles. The van der Waals surface area contributed by atoms with Gasteiger partial charge in [0, 0.05) is 38.4 Å². The van der Waals surface area contributed by atoms with Crippen LogP contribution in [0.3, 0.4) is 0 Å². The summed E-state index contributed by atoms with van der Waals surface area (Å²) in [4.78, 5) is 40.7. The monoisotopic (exact) mass is 407 g/mol. The van der Waals surface area contributed by atoms with Crippen LogP contribution in [0.25, 0.3) is 0 Å². The standard InChI is InChI=1S/C22H37N3O4/c1-6-8-14-24(16-19-10-9-13-23(19)5)21(27)17-25(15-18(3)4)20(26)11-12-22(28)29-7-2/h9-10,13,18H,6-8,11-12,14-17H2,1-5H3. The Bertz CT molecular complexity index is 654. The third kappa shape index (κ3) is 9.15. The van der Waals surface area contributed by atoms with Crippen LogP contribution >= 0.6 is 0 Å². The topological polar surface area (TPSA) is 71.9 Å². The minimum atomic E-state index is -0.384. The van der Waals surface area contributed by atoms with Crippen molar-refractivity contribution in [2.24, 2.45) is 13.0 Å². The molecule has 7 nitrogen and oxygen atoms in total. The average Bonchev–Trinajstić information content (AvgIpc) is 3.06. The largest absolute Gasteiger partial charge is 0.466 e. The van der Waals surface area contributed by atoms with Gasteiger partial charge in [-0.15, -0.1) is 0 Å². The number of carbonyl (C=O) groups excluding carboxylic acids is 3. The lowest BCUT2D eigenvalue weighted by Crippen LogP contribution is -2.44. The predicted octanol–water partition coefficient (Wildman–Crippen LogP) is 2.98. The van der Waals surface area contributed by atoms with Crippen molar-refractivity contribution in [1.82, 2.24) is 14.4 Å². The van der Waals surface area contributed by atoms with Gasteiger partial charge in [0.25, 0.3) is 0 Å². The van der Waals surface area contributed by atoms with E-state index in [9.17, 15) is 14.4 Å². The fourth-order valence-electron chi connectivity index (χ4n) is 3.06. The first-order chi connectivity index (χ1) is 13.8. The van der Waals surface area contributed by atoms with E-state index in [-0.39, 0.29) is 43.1 Å². The van der Waals surface area contributed by atoms with E-state index in [2.05, 4.69) is 6.92 Å². The Labute approximate surface area is 175 Å². The smallest absolute Gasteiger partial charge is 0.306 e. The van der Waals surface area contributed by atoms with Gasteiger partial charge in [0.15, 0.2) is 0 Å². The SMILES string of the molecule is CCCCN(Cc1cccn1C)C(=O)CN(CC(C)C)C(=O)CCC(=O)OCC. The molecule has 2 amide bonds. The summed E-state index contributed by atoms with van der Waals surface area (Å²) in [6.07, 6.45) is 3.97. The quantitative estimate of drug-likeness (QED) is 0.471. The molecule has 0 radical (unpaired) electrons. The van der Waals surface area contributed by atoms with Gasteiger partial charge in [0.2, 0.25) is 11.8 Å². The minimum absolute atomic E-state index is 0.0357. The number of unbranched alkanes of at least 4 members (excludes halogenated alkanes) is 1. The van der Waals surface area contributed by atoms with Crippen LogP contribution in [-0.2, 0) is 32.7 Å². The Hall–Kier alpha value is -2.31. The number of aromatic nitrogens is 1. The van der Waals surface area contributed by atoms with E-state index in [0.29, 0.717) is 26.2 Å². The lowest BCUT2D eigenvalue weighted by molar-refractivity contribution is -0.146. The van der Waals surface area contributed by atoms with E-state index in [4.69, 9.17) is 4.74 Å². The first-order valence-electron chi connectivity index (χ1n) is 10.6. The van der Waals surface area contributed by atoms with Gasteiger partial charge in [0.05, 0.1) is 26.1 Å². The molecular weight excluding hydrogens is 370 g/mol. The molecule has 0 saturated carbocycles. The normalized spacial score (nSPS) is 10.8. The first kappa shape index (κ1) is 24.7. The molecule has 0 atom stereocenters. The Balaban J connectivity index is 2.81. The van der Waals surface area contributed by atoms with Gasteiger partial charge < -0.3 is 19.1 Å². The summed E-state index contributed by atoms with van der Waals surface area (Å²) >= 11 is 0. The highest BCUT2D eigenvalue weighted by atomic mass is 16.5. The number of hydrogen-bond donors (Lipinski definition) is 0. The average molecular weight is 408 g/mol. The maximum atomic E-state index is 13.1. The summed E-state index contributed by atoms with van der Waals surface area (Å²) in [6, 6.07) is 3.96. The molecule has 0 spiro atoms. The Morgan fingerprint density at radius 1 is 1.10 bits per heavy atom. The van der Waals surface area contributed by atoms with Crippen LogP contribution in [-0.4, -0.2) is 58.4 Å². The van der Waals surface area contributed by atoms with Crippen LogP contribution in [0.4, 0.5) is 0 Å². The molecule has 0 fully saturated rings. The molecule has 0 unspecified atom stereocenters. The molecular formula is C22H37N3O4. The van der Waals surface area contributed by atoms with Crippen molar-refractivity contribution in [2.45, 2.75) is 59.9 Å². The maximum Gasteiger partial charge on any atom is 0.306 e. The molecule has 0 bridgehead atoms. The third-order valence-corrected chi connectivity index (χ3v) is 4.65. The highest BCUT2D eigenvalue weighted by Crippen LogP contribution is 2.10. The van der Waals surface area contributed by atoms with E-state index in [1.54, 1.807) is 11.8 Å². The van der Waals surface area contributed by atoms with Crippen molar-refractivity contribution in [3.8, 4) is 0 Å². The number of ether oxygens (including phenoxy) is 1. The van der Waals surface area contributed by atoms with Gasteiger partial charge in [-0.05, 0) is 31.4 Å². The number of hydrogen-bond acceptors (Lipinski definition) is 4. The molecule has 0 N–H and O–H groups in total. The van der Waals surface area contributed by atoms with Crippen LogP contribution in [0.2, 0.25) is 0 Å². The fourth-order valence-corrected chi connectivity index (χ4v) is 3.06. The zero-order valence-electron chi connectivity index (χ0n) is 18.6. The van der Waals surface area contributed by atoms with Crippen molar-refractivity contribution in [3.05, 3.63) is 24.0 Å². The van der Waals surface area contributed by atoms with Gasteiger partial charge in [-0.2, -0.15) is 0 Å². The zero-order chi connectivity index (χ0) is 21.8. The molecule has 0 aliphatic carbocycles. The van der Waals surface area contributed by atoms with Gasteiger partial charge in [-0.25, -0.2) is 0 Å². The second-order valence-electron chi connectivity index (χ2n) is 7.75. The van der Waals surface area contributed by atoms with Gasteiger partial charge in [0.1, 0.15) is 0 Å². The summed E-state index contributed by atoms with van der Waals surface area (Å²) in [5.41, 5.74) is 1.05. The van der Waals surface area contributed by atoms with E-state index in [1.807, 2.05) is 48.7 Å². The lowest BCUT2D eigenvalue weighted by atomic mass is 10.2. The van der Waals surface area contributed by atoms with Crippen LogP contribution < -0.4 is 0 Å². The predicted molar refractivity (Wildman–Crippen MR) is 113 cm³/mol. The second-order valence-corrected chi connectivity index (χ2v) is 7.75. The highest BCUT2D eigenvalue weighted by molar-refractivity contribution is 5.86. The molecule has 29 heavy (non-hydrogen) atoms. The minimum Gasteiger partial charge on any atom is -0.466 e. The molecule has 164 valence electrons. The molecule has 1 aromatic heterocycles. The molecule has 7 heteroatoms. The van der Waals surface area contributed by atoms with Gasteiger partial charge >= 0.3 is 5.97 Å². The summed E-state index contributed by atoms with van der Waals surface area (Å²) in [5, 5.41) is 0. The summed E-state index contributed by atoms with van der Waals surface area (Å²) in [6.45, 7) is 9.85. The van der Waals surface area contributed by atoms with Crippen LogP contribution in [0.5, 0.6) is 0 Å². The Morgan fingerprint density at radius 3 is 2.38 bits per heavy atom. The fraction of sp³-hybridized carbons (Fsp3) is 0.682. The molecule has 0 aromatic carbocycles. The van der Waals surface area contributed by atoms with E-state index >= 15 is 0 Å². The van der Waals surface area contributed by atoms with E-state index in [1.165, 1.54) is 0 Å². The number of amides is 2. The van der Waals surface area contributed by atoms with Crippen molar-refractivity contribution < 1.29 is 19.1 Å². The number of esters is 1. The molecule has 1 rings (SSSR count).